The number of fused-ring (bicyclic) bond motifs is 1. The molecule has 1 aromatic heterocycles. The van der Waals surface area contributed by atoms with E-state index >= 15 is 0 Å². The Hall–Kier alpha value is -2.74. The summed E-state index contributed by atoms with van der Waals surface area (Å²) >= 11 is 1.72. The second-order valence-electron chi connectivity index (χ2n) is 10.1. The third-order valence-corrected chi connectivity index (χ3v) is 6.54. The number of carbonyl (C=O) groups is 2. The molecule has 1 aromatic carbocycles. The number of benzene rings is 1. The lowest BCUT2D eigenvalue weighted by Gasteiger charge is -2.37. The molecule has 3 amide bonds. The van der Waals surface area contributed by atoms with Gasteiger partial charge in [-0.3, -0.25) is 4.79 Å². The minimum Gasteiger partial charge on any atom is -0.497 e. The predicted octanol–water partition coefficient (Wildman–Crippen LogP) is 4.73. The number of urea groups is 1. The van der Waals surface area contributed by atoms with Gasteiger partial charge in [0.05, 0.1) is 13.2 Å². The molecule has 2 heterocycles. The van der Waals surface area contributed by atoms with E-state index in [0.29, 0.717) is 25.4 Å². The lowest BCUT2D eigenvalue weighted by Crippen LogP contribution is -2.53. The number of amides is 3. The first kappa shape index (κ1) is 25.9. The van der Waals surface area contributed by atoms with Crippen molar-refractivity contribution >= 4 is 23.3 Å². The summed E-state index contributed by atoms with van der Waals surface area (Å²) in [7, 11) is 1.62. The molecule has 0 saturated carbocycles. The van der Waals surface area contributed by atoms with Gasteiger partial charge in [0.15, 0.2) is 0 Å². The van der Waals surface area contributed by atoms with Crippen LogP contribution >= 0.6 is 11.3 Å². The standard InChI is InChI=1S/C26H37N3O4S/c1-18(2)15-28(25(31)27-26(3,4)5)16-24(30)29-12-10-23-21(11-13-34-23)22(29)17-33-20-9-7-8-19(14-20)32-6/h7-9,11,13-14,18,22H,10,12,15-17H2,1-6H3,(H,27,31)/t22-/m1/s1. The first-order valence-electron chi connectivity index (χ1n) is 11.8. The number of hydrogen-bond acceptors (Lipinski definition) is 5. The highest BCUT2D eigenvalue weighted by atomic mass is 32.1. The molecular weight excluding hydrogens is 450 g/mol. The largest absolute Gasteiger partial charge is 0.497 e. The lowest BCUT2D eigenvalue weighted by molar-refractivity contribution is -0.135. The molecule has 0 spiro atoms. The van der Waals surface area contributed by atoms with Crippen molar-refractivity contribution in [3.63, 3.8) is 0 Å². The predicted molar refractivity (Wildman–Crippen MR) is 136 cm³/mol. The molecule has 1 aliphatic heterocycles. The monoisotopic (exact) mass is 487 g/mol. The Morgan fingerprint density at radius 2 is 1.97 bits per heavy atom. The van der Waals surface area contributed by atoms with Crippen molar-refractivity contribution in [2.24, 2.45) is 5.92 Å². The van der Waals surface area contributed by atoms with Crippen molar-refractivity contribution in [1.82, 2.24) is 15.1 Å². The number of rotatable bonds is 8. The van der Waals surface area contributed by atoms with Gasteiger partial charge in [-0.25, -0.2) is 4.79 Å². The first-order chi connectivity index (χ1) is 16.1. The van der Waals surface area contributed by atoms with E-state index in [2.05, 4.69) is 16.8 Å². The molecule has 186 valence electrons. The summed E-state index contributed by atoms with van der Waals surface area (Å²) in [5, 5.41) is 5.06. The molecule has 1 atom stereocenters. The van der Waals surface area contributed by atoms with Crippen LogP contribution in [0.15, 0.2) is 35.7 Å². The highest BCUT2D eigenvalue weighted by Gasteiger charge is 2.34. The van der Waals surface area contributed by atoms with Crippen LogP contribution in [-0.2, 0) is 11.2 Å². The molecule has 34 heavy (non-hydrogen) atoms. The SMILES string of the molecule is COc1cccc(OC[C@@H]2c3ccsc3CCN2C(=O)CN(CC(C)C)C(=O)NC(C)(C)C)c1. The van der Waals surface area contributed by atoms with Gasteiger partial charge in [-0.1, -0.05) is 19.9 Å². The summed E-state index contributed by atoms with van der Waals surface area (Å²) in [5.74, 6) is 1.59. The van der Waals surface area contributed by atoms with Gasteiger partial charge in [0.2, 0.25) is 5.91 Å². The number of nitrogens with zero attached hydrogens (tertiary/aromatic N) is 2. The summed E-state index contributed by atoms with van der Waals surface area (Å²) in [6.07, 6.45) is 0.812. The third kappa shape index (κ3) is 6.88. The number of methoxy groups -OCH3 is 1. The van der Waals surface area contributed by atoms with E-state index in [4.69, 9.17) is 9.47 Å². The smallest absolute Gasteiger partial charge is 0.318 e. The summed E-state index contributed by atoms with van der Waals surface area (Å²) in [6, 6.07) is 9.12. The average Bonchev–Trinajstić information content (AvgIpc) is 3.24. The molecule has 3 rings (SSSR count). The molecule has 0 aliphatic carbocycles. The average molecular weight is 488 g/mol. The molecular formula is C26H37N3O4S. The number of nitrogens with one attached hydrogen (secondary N) is 1. The quantitative estimate of drug-likeness (QED) is 0.585. The van der Waals surface area contributed by atoms with Gasteiger partial charge in [-0.05, 0) is 62.3 Å². The Balaban J connectivity index is 1.77. The Bertz CT molecular complexity index is 982. The fourth-order valence-corrected chi connectivity index (χ4v) is 4.98. The minimum absolute atomic E-state index is 0.0369. The van der Waals surface area contributed by atoms with E-state index in [9.17, 15) is 9.59 Å². The van der Waals surface area contributed by atoms with Crippen molar-refractivity contribution < 1.29 is 19.1 Å². The van der Waals surface area contributed by atoms with Crippen molar-refractivity contribution in [2.45, 2.75) is 52.6 Å². The lowest BCUT2D eigenvalue weighted by atomic mass is 10.0. The zero-order valence-electron chi connectivity index (χ0n) is 21.1. The molecule has 0 radical (unpaired) electrons. The summed E-state index contributed by atoms with van der Waals surface area (Å²) in [5.41, 5.74) is 0.751. The molecule has 1 N–H and O–H groups in total. The Labute approximate surface area is 207 Å². The Kier molecular flexibility index (Phi) is 8.47. The fraction of sp³-hybridized carbons (Fsp3) is 0.538. The van der Waals surface area contributed by atoms with Crippen LogP contribution in [0.2, 0.25) is 0 Å². The third-order valence-electron chi connectivity index (χ3n) is 5.55. The molecule has 8 heteroatoms. The van der Waals surface area contributed by atoms with Crippen molar-refractivity contribution in [3.8, 4) is 11.5 Å². The Morgan fingerprint density at radius 1 is 1.24 bits per heavy atom. The van der Waals surface area contributed by atoms with Gasteiger partial charge in [-0.2, -0.15) is 0 Å². The van der Waals surface area contributed by atoms with Crippen LogP contribution in [0.4, 0.5) is 4.79 Å². The van der Waals surface area contributed by atoms with Crippen LogP contribution in [0.3, 0.4) is 0 Å². The number of thiophene rings is 1. The molecule has 1 aliphatic rings. The van der Waals surface area contributed by atoms with E-state index in [1.165, 1.54) is 4.88 Å². The highest BCUT2D eigenvalue weighted by Crippen LogP contribution is 2.34. The first-order valence-corrected chi connectivity index (χ1v) is 12.6. The topological polar surface area (TPSA) is 71.1 Å². The van der Waals surface area contributed by atoms with Crippen LogP contribution in [0, 0.1) is 5.92 Å². The molecule has 0 bridgehead atoms. The van der Waals surface area contributed by atoms with Gasteiger partial charge in [0.1, 0.15) is 24.7 Å². The number of hydrogen-bond donors (Lipinski definition) is 1. The second kappa shape index (κ2) is 11.1. The maximum atomic E-state index is 13.5. The maximum Gasteiger partial charge on any atom is 0.318 e. The van der Waals surface area contributed by atoms with Crippen molar-refractivity contribution in [2.75, 3.05) is 33.4 Å². The normalized spacial score (nSPS) is 15.6. The van der Waals surface area contributed by atoms with Crippen LogP contribution in [0.25, 0.3) is 0 Å². The van der Waals surface area contributed by atoms with Gasteiger partial charge < -0.3 is 24.6 Å². The van der Waals surface area contributed by atoms with E-state index in [1.54, 1.807) is 23.3 Å². The molecule has 0 saturated heterocycles. The molecule has 7 nitrogen and oxygen atoms in total. The van der Waals surface area contributed by atoms with Crippen LogP contribution in [0.5, 0.6) is 11.5 Å². The summed E-state index contributed by atoms with van der Waals surface area (Å²) < 4.78 is 11.4. The fourth-order valence-electron chi connectivity index (χ4n) is 4.05. The molecule has 2 aromatic rings. The highest BCUT2D eigenvalue weighted by molar-refractivity contribution is 7.10. The van der Waals surface area contributed by atoms with Gasteiger partial charge in [0, 0.05) is 29.6 Å². The van der Waals surface area contributed by atoms with Crippen molar-refractivity contribution in [1.29, 1.82) is 0 Å². The second-order valence-corrected chi connectivity index (χ2v) is 11.1. The zero-order chi connectivity index (χ0) is 24.9. The van der Waals surface area contributed by atoms with E-state index in [1.807, 2.05) is 63.8 Å². The summed E-state index contributed by atoms with van der Waals surface area (Å²) in [4.78, 5) is 31.3. The minimum atomic E-state index is -0.376. The van der Waals surface area contributed by atoms with Crippen LogP contribution < -0.4 is 14.8 Å². The van der Waals surface area contributed by atoms with Gasteiger partial charge in [-0.15, -0.1) is 11.3 Å². The van der Waals surface area contributed by atoms with E-state index < -0.39 is 0 Å². The number of ether oxygens (including phenoxy) is 2. The van der Waals surface area contributed by atoms with E-state index in [-0.39, 0.29) is 36.0 Å². The summed E-state index contributed by atoms with van der Waals surface area (Å²) in [6.45, 7) is 11.4. The number of carbonyl (C=O) groups excluding carboxylic acids is 2. The van der Waals surface area contributed by atoms with Crippen LogP contribution in [-0.4, -0.2) is 60.6 Å². The van der Waals surface area contributed by atoms with Gasteiger partial charge in [0.25, 0.3) is 0 Å². The zero-order valence-corrected chi connectivity index (χ0v) is 21.9. The van der Waals surface area contributed by atoms with Crippen LogP contribution in [0.1, 0.15) is 51.1 Å². The maximum absolute atomic E-state index is 13.5. The van der Waals surface area contributed by atoms with Crippen molar-refractivity contribution in [3.05, 3.63) is 46.2 Å². The van der Waals surface area contributed by atoms with E-state index in [0.717, 1.165) is 17.7 Å². The Morgan fingerprint density at radius 3 is 2.65 bits per heavy atom. The molecule has 0 fully saturated rings. The van der Waals surface area contributed by atoms with Gasteiger partial charge >= 0.3 is 6.03 Å². The molecule has 0 unspecified atom stereocenters.